The number of thiophene rings is 1. The second-order valence-electron chi connectivity index (χ2n) is 4.19. The predicted molar refractivity (Wildman–Crippen MR) is 75.0 cm³/mol. The summed E-state index contributed by atoms with van der Waals surface area (Å²) in [6.07, 6.45) is 2.68. The molecule has 2 N–H and O–H groups in total. The van der Waals surface area contributed by atoms with Gasteiger partial charge < -0.3 is 14.4 Å². The second kappa shape index (κ2) is 6.43. The van der Waals surface area contributed by atoms with Crippen molar-refractivity contribution in [1.29, 1.82) is 0 Å². The molecule has 0 aliphatic heterocycles. The van der Waals surface area contributed by atoms with E-state index in [0.29, 0.717) is 5.56 Å². The Labute approximate surface area is 132 Å². The predicted octanol–water partition coefficient (Wildman–Crippen LogP) is 2.02. The molecule has 0 amide bonds. The Hall–Kier alpha value is -1.69. The average Bonchev–Trinajstić information content (AvgIpc) is 2.84. The molecule has 0 atom stereocenters. The molecular formula is C12H10F3NO5S2. The molecule has 0 bridgehead atoms. The molecule has 0 radical (unpaired) electrons. The van der Waals surface area contributed by atoms with Gasteiger partial charge in [0.05, 0.1) is 18.1 Å². The third-order valence-corrected chi connectivity index (χ3v) is 4.83. The van der Waals surface area contributed by atoms with Crippen LogP contribution in [0.4, 0.5) is 13.2 Å². The van der Waals surface area contributed by atoms with E-state index in [0.717, 1.165) is 11.3 Å². The zero-order valence-corrected chi connectivity index (χ0v) is 12.9. The van der Waals surface area contributed by atoms with Gasteiger partial charge in [-0.3, -0.25) is 4.98 Å². The molecule has 2 heterocycles. The van der Waals surface area contributed by atoms with Crippen LogP contribution in [0.3, 0.4) is 0 Å². The fourth-order valence-electron chi connectivity index (χ4n) is 1.78. The second-order valence-corrected chi connectivity index (χ2v) is 6.92. The van der Waals surface area contributed by atoms with Crippen LogP contribution in [0.1, 0.15) is 9.75 Å². The van der Waals surface area contributed by atoms with Gasteiger partial charge >= 0.3 is 15.6 Å². The molecule has 0 aromatic carbocycles. The molecule has 0 saturated carbocycles. The first kappa shape index (κ1) is 17.7. The number of aliphatic hydroxyl groups is 2. The Morgan fingerprint density at radius 2 is 1.70 bits per heavy atom. The summed E-state index contributed by atoms with van der Waals surface area (Å²) >= 11 is 0.755. The lowest BCUT2D eigenvalue weighted by Gasteiger charge is -2.12. The van der Waals surface area contributed by atoms with Gasteiger partial charge in [-0.25, -0.2) is 0 Å². The molecule has 6 nitrogen and oxygen atoms in total. The van der Waals surface area contributed by atoms with Crippen LogP contribution in [-0.2, 0) is 23.3 Å². The number of hydrogen-bond acceptors (Lipinski definition) is 7. The van der Waals surface area contributed by atoms with Gasteiger partial charge in [0.2, 0.25) is 0 Å². The van der Waals surface area contributed by atoms with Gasteiger partial charge in [-0.15, -0.1) is 11.3 Å². The van der Waals surface area contributed by atoms with E-state index in [2.05, 4.69) is 9.17 Å². The highest BCUT2D eigenvalue weighted by Gasteiger charge is 2.49. The van der Waals surface area contributed by atoms with Gasteiger partial charge in [-0.2, -0.15) is 21.6 Å². The Balaban J connectivity index is 2.65. The van der Waals surface area contributed by atoms with E-state index in [-0.39, 0.29) is 15.3 Å². The van der Waals surface area contributed by atoms with Gasteiger partial charge in [-0.1, -0.05) is 0 Å². The Morgan fingerprint density at radius 1 is 1.13 bits per heavy atom. The number of nitrogens with zero attached hydrogens (tertiary/aromatic N) is 1. The van der Waals surface area contributed by atoms with Crippen LogP contribution in [0.25, 0.3) is 11.1 Å². The lowest BCUT2D eigenvalue weighted by Crippen LogP contribution is -2.28. The van der Waals surface area contributed by atoms with Gasteiger partial charge in [0, 0.05) is 22.8 Å². The van der Waals surface area contributed by atoms with E-state index in [1.165, 1.54) is 24.5 Å². The molecule has 0 spiro atoms. The lowest BCUT2D eigenvalue weighted by molar-refractivity contribution is -0.0500. The normalized spacial score (nSPS) is 12.4. The van der Waals surface area contributed by atoms with Gasteiger partial charge in [0.15, 0.2) is 5.75 Å². The summed E-state index contributed by atoms with van der Waals surface area (Å²) in [5.41, 5.74) is -5.35. The number of halogens is 3. The summed E-state index contributed by atoms with van der Waals surface area (Å²) < 4.78 is 64.4. The molecule has 0 aliphatic rings. The van der Waals surface area contributed by atoms with Crippen LogP contribution in [0.5, 0.6) is 5.75 Å². The maximum atomic E-state index is 12.5. The van der Waals surface area contributed by atoms with Crippen LogP contribution in [-0.4, -0.2) is 29.1 Å². The van der Waals surface area contributed by atoms with E-state index in [1.54, 1.807) is 0 Å². The minimum atomic E-state index is -5.91. The van der Waals surface area contributed by atoms with Crippen molar-refractivity contribution in [3.63, 3.8) is 0 Å². The molecule has 126 valence electrons. The maximum absolute atomic E-state index is 12.5. The van der Waals surface area contributed by atoms with Gasteiger partial charge in [-0.05, 0) is 17.7 Å². The number of pyridine rings is 1. The summed E-state index contributed by atoms with van der Waals surface area (Å²) in [6.45, 7) is -1.31. The highest BCUT2D eigenvalue weighted by molar-refractivity contribution is 7.88. The van der Waals surface area contributed by atoms with Crippen molar-refractivity contribution in [1.82, 2.24) is 4.98 Å². The summed E-state index contributed by atoms with van der Waals surface area (Å²) in [6, 6.07) is 2.82. The third-order valence-electron chi connectivity index (χ3n) is 2.74. The number of hydrogen-bond donors (Lipinski definition) is 2. The van der Waals surface area contributed by atoms with Crippen LogP contribution < -0.4 is 4.18 Å². The summed E-state index contributed by atoms with van der Waals surface area (Å²) in [4.78, 5) is 3.76. The van der Waals surface area contributed by atoms with Crippen LogP contribution in [0.15, 0.2) is 24.5 Å². The molecule has 0 unspecified atom stereocenters. The first-order valence-corrected chi connectivity index (χ1v) is 8.21. The van der Waals surface area contributed by atoms with Gasteiger partial charge in [0.1, 0.15) is 0 Å². The van der Waals surface area contributed by atoms with Gasteiger partial charge in [0.25, 0.3) is 0 Å². The Kier molecular flexibility index (Phi) is 4.94. The van der Waals surface area contributed by atoms with Crippen molar-refractivity contribution >= 4 is 21.5 Å². The lowest BCUT2D eigenvalue weighted by atomic mass is 10.1. The van der Waals surface area contributed by atoms with Crippen LogP contribution >= 0.6 is 11.3 Å². The highest BCUT2D eigenvalue weighted by atomic mass is 32.2. The fourth-order valence-corrected chi connectivity index (χ4v) is 3.31. The quantitative estimate of drug-likeness (QED) is 0.618. The number of aliphatic hydroxyl groups excluding tert-OH is 2. The standard InChI is InChI=1S/C12H10F3NO5S2/c13-12(14,15)23(19,20)21-11-9(6-18)22-8(5-17)10(11)7-1-3-16-4-2-7/h1-4,17-18H,5-6H2. The molecule has 23 heavy (non-hydrogen) atoms. The smallest absolute Gasteiger partial charge is 0.391 e. The molecule has 0 saturated heterocycles. The van der Waals surface area contributed by atoms with E-state index < -0.39 is 34.6 Å². The first-order chi connectivity index (χ1) is 10.7. The first-order valence-electron chi connectivity index (χ1n) is 5.98. The SMILES string of the molecule is O=S(=O)(Oc1c(CO)sc(CO)c1-c1ccncc1)C(F)(F)F. The van der Waals surface area contributed by atoms with Crippen molar-refractivity contribution in [3.8, 4) is 16.9 Å². The molecule has 0 aliphatic carbocycles. The van der Waals surface area contributed by atoms with Crippen LogP contribution in [0.2, 0.25) is 0 Å². The fraction of sp³-hybridized carbons (Fsp3) is 0.250. The monoisotopic (exact) mass is 369 g/mol. The number of aromatic nitrogens is 1. The number of rotatable bonds is 5. The van der Waals surface area contributed by atoms with Crippen molar-refractivity contribution in [3.05, 3.63) is 34.3 Å². The van der Waals surface area contributed by atoms with Crippen molar-refractivity contribution in [2.75, 3.05) is 0 Å². The van der Waals surface area contributed by atoms with E-state index in [4.69, 9.17) is 0 Å². The van der Waals surface area contributed by atoms with E-state index in [9.17, 15) is 31.8 Å². The van der Waals surface area contributed by atoms with E-state index >= 15 is 0 Å². The van der Waals surface area contributed by atoms with Crippen LogP contribution in [0, 0.1) is 0 Å². The largest absolute Gasteiger partial charge is 0.534 e. The van der Waals surface area contributed by atoms with Crippen molar-refractivity contribution in [2.45, 2.75) is 18.7 Å². The summed E-state index contributed by atoms with van der Waals surface area (Å²) in [7, 11) is -5.91. The number of alkyl halides is 3. The topological polar surface area (TPSA) is 96.7 Å². The zero-order chi connectivity index (χ0) is 17.3. The van der Waals surface area contributed by atoms with E-state index in [1.807, 2.05) is 0 Å². The minimum absolute atomic E-state index is 0.0308. The average molecular weight is 369 g/mol. The molecule has 0 fully saturated rings. The molecule has 2 aromatic heterocycles. The molecular weight excluding hydrogens is 359 g/mol. The summed E-state index contributed by atoms with van der Waals surface area (Å²) in [5.74, 6) is -0.648. The highest BCUT2D eigenvalue weighted by Crippen LogP contribution is 2.44. The van der Waals surface area contributed by atoms with Crippen molar-refractivity contribution < 1.29 is 36.0 Å². The molecule has 2 aromatic rings. The molecule has 2 rings (SSSR count). The minimum Gasteiger partial charge on any atom is -0.391 e. The third kappa shape index (κ3) is 3.47. The van der Waals surface area contributed by atoms with Crippen molar-refractivity contribution in [2.24, 2.45) is 0 Å². The Morgan fingerprint density at radius 3 is 2.17 bits per heavy atom. The maximum Gasteiger partial charge on any atom is 0.534 e. The summed E-state index contributed by atoms with van der Waals surface area (Å²) in [5, 5.41) is 18.6. The zero-order valence-electron chi connectivity index (χ0n) is 11.2. The molecule has 11 heteroatoms. The Bertz CT molecular complexity index is 787.